The van der Waals surface area contributed by atoms with Crippen LogP contribution in [0.15, 0.2) is 48.5 Å². The summed E-state index contributed by atoms with van der Waals surface area (Å²) in [6.07, 6.45) is 0. The molecule has 0 fully saturated rings. The topological polar surface area (TPSA) is 29.3 Å². The Morgan fingerprint density at radius 3 is 2.35 bits per heavy atom. The molecule has 3 heteroatoms. The molecule has 0 unspecified atom stereocenters. The standard InChI is InChI=1S/C14H15FN2/c1-2-17(13-6-4-3-5-7-13)14-9-11(15)8-12(16)10-14/h3-10H,2,16H2,1H3. The third kappa shape index (κ3) is 2.56. The fraction of sp³-hybridized carbons (Fsp3) is 0.143. The maximum absolute atomic E-state index is 13.3. The van der Waals surface area contributed by atoms with Gasteiger partial charge in [0.2, 0.25) is 0 Å². The SMILES string of the molecule is CCN(c1ccccc1)c1cc(N)cc(F)c1. The van der Waals surface area contributed by atoms with Gasteiger partial charge in [0.05, 0.1) is 0 Å². The number of nitrogens with zero attached hydrogens (tertiary/aromatic N) is 1. The summed E-state index contributed by atoms with van der Waals surface area (Å²) < 4.78 is 13.3. The number of nitrogens with two attached hydrogens (primary N) is 1. The van der Waals surface area contributed by atoms with Gasteiger partial charge >= 0.3 is 0 Å². The molecule has 2 aromatic rings. The number of halogens is 1. The van der Waals surface area contributed by atoms with Crippen LogP contribution in [0, 0.1) is 5.82 Å². The Kier molecular flexibility index (Phi) is 3.28. The van der Waals surface area contributed by atoms with Gasteiger partial charge in [-0.05, 0) is 37.3 Å². The highest BCUT2D eigenvalue weighted by Gasteiger charge is 2.08. The van der Waals surface area contributed by atoms with E-state index in [4.69, 9.17) is 5.73 Å². The van der Waals surface area contributed by atoms with Crippen molar-refractivity contribution in [3.8, 4) is 0 Å². The third-order valence-corrected chi connectivity index (χ3v) is 2.60. The second kappa shape index (κ2) is 4.87. The second-order valence-corrected chi connectivity index (χ2v) is 3.82. The van der Waals surface area contributed by atoms with E-state index in [0.717, 1.165) is 17.9 Å². The Hall–Kier alpha value is -2.03. The number of hydrogen-bond acceptors (Lipinski definition) is 2. The van der Waals surface area contributed by atoms with Crippen molar-refractivity contribution in [3.05, 3.63) is 54.3 Å². The number of para-hydroxylation sites is 1. The van der Waals surface area contributed by atoms with E-state index in [-0.39, 0.29) is 5.82 Å². The van der Waals surface area contributed by atoms with E-state index in [0.29, 0.717) is 5.69 Å². The Labute approximate surface area is 100 Å². The normalized spacial score (nSPS) is 10.2. The van der Waals surface area contributed by atoms with Crippen LogP contribution >= 0.6 is 0 Å². The van der Waals surface area contributed by atoms with Gasteiger partial charge in [-0.15, -0.1) is 0 Å². The van der Waals surface area contributed by atoms with Crippen LogP contribution in [0.2, 0.25) is 0 Å². The zero-order chi connectivity index (χ0) is 12.3. The zero-order valence-corrected chi connectivity index (χ0v) is 9.73. The fourth-order valence-corrected chi connectivity index (χ4v) is 1.87. The summed E-state index contributed by atoms with van der Waals surface area (Å²) in [6.45, 7) is 2.78. The second-order valence-electron chi connectivity index (χ2n) is 3.82. The molecule has 2 rings (SSSR count). The van der Waals surface area contributed by atoms with Crippen molar-refractivity contribution in [1.82, 2.24) is 0 Å². The molecule has 2 N–H and O–H groups in total. The minimum atomic E-state index is -0.311. The molecule has 2 aromatic carbocycles. The molecule has 2 nitrogen and oxygen atoms in total. The molecular weight excluding hydrogens is 215 g/mol. The summed E-state index contributed by atoms with van der Waals surface area (Å²) >= 11 is 0. The van der Waals surface area contributed by atoms with E-state index in [1.165, 1.54) is 12.1 Å². The lowest BCUT2D eigenvalue weighted by Gasteiger charge is -2.23. The van der Waals surface area contributed by atoms with Crippen molar-refractivity contribution in [1.29, 1.82) is 0 Å². The van der Waals surface area contributed by atoms with Crippen molar-refractivity contribution in [2.45, 2.75) is 6.92 Å². The van der Waals surface area contributed by atoms with Gasteiger partial charge in [0.15, 0.2) is 0 Å². The monoisotopic (exact) mass is 230 g/mol. The predicted molar refractivity (Wildman–Crippen MR) is 69.9 cm³/mol. The summed E-state index contributed by atoms with van der Waals surface area (Å²) in [7, 11) is 0. The minimum absolute atomic E-state index is 0.311. The lowest BCUT2D eigenvalue weighted by molar-refractivity contribution is 0.628. The molecule has 0 bridgehead atoms. The zero-order valence-electron chi connectivity index (χ0n) is 9.73. The van der Waals surface area contributed by atoms with Crippen LogP contribution in [-0.4, -0.2) is 6.54 Å². The molecular formula is C14H15FN2. The average Bonchev–Trinajstić information content (AvgIpc) is 2.30. The van der Waals surface area contributed by atoms with E-state index >= 15 is 0 Å². The smallest absolute Gasteiger partial charge is 0.127 e. The molecule has 0 heterocycles. The molecule has 0 aliphatic rings. The van der Waals surface area contributed by atoms with Crippen molar-refractivity contribution in [3.63, 3.8) is 0 Å². The molecule has 17 heavy (non-hydrogen) atoms. The van der Waals surface area contributed by atoms with Gasteiger partial charge < -0.3 is 10.6 Å². The molecule has 88 valence electrons. The van der Waals surface area contributed by atoms with Crippen LogP contribution in [0.1, 0.15) is 6.92 Å². The van der Waals surface area contributed by atoms with Crippen LogP contribution in [0.5, 0.6) is 0 Å². The molecule has 0 aliphatic heterocycles. The average molecular weight is 230 g/mol. The lowest BCUT2D eigenvalue weighted by Crippen LogP contribution is -2.16. The van der Waals surface area contributed by atoms with E-state index < -0.39 is 0 Å². The van der Waals surface area contributed by atoms with Gasteiger partial charge in [0, 0.05) is 23.6 Å². The van der Waals surface area contributed by atoms with Crippen LogP contribution in [0.3, 0.4) is 0 Å². The molecule has 0 atom stereocenters. The number of benzene rings is 2. The first-order valence-electron chi connectivity index (χ1n) is 5.59. The van der Waals surface area contributed by atoms with E-state index in [9.17, 15) is 4.39 Å². The maximum Gasteiger partial charge on any atom is 0.127 e. The highest BCUT2D eigenvalue weighted by Crippen LogP contribution is 2.27. The number of hydrogen-bond donors (Lipinski definition) is 1. The fourth-order valence-electron chi connectivity index (χ4n) is 1.87. The van der Waals surface area contributed by atoms with Crippen LogP contribution in [-0.2, 0) is 0 Å². The largest absolute Gasteiger partial charge is 0.399 e. The van der Waals surface area contributed by atoms with Crippen molar-refractivity contribution in [2.75, 3.05) is 17.2 Å². The number of anilines is 3. The quantitative estimate of drug-likeness (QED) is 0.817. The van der Waals surface area contributed by atoms with Crippen molar-refractivity contribution < 1.29 is 4.39 Å². The van der Waals surface area contributed by atoms with Crippen LogP contribution in [0.4, 0.5) is 21.5 Å². The first kappa shape index (κ1) is 11.5. The molecule has 0 aliphatic carbocycles. The maximum atomic E-state index is 13.3. The molecule has 0 aromatic heterocycles. The summed E-state index contributed by atoms with van der Waals surface area (Å²) in [4.78, 5) is 2.01. The summed E-state index contributed by atoms with van der Waals surface area (Å²) in [5, 5.41) is 0. The summed E-state index contributed by atoms with van der Waals surface area (Å²) in [6, 6.07) is 14.4. The van der Waals surface area contributed by atoms with Crippen molar-refractivity contribution >= 4 is 17.1 Å². The number of rotatable bonds is 3. The van der Waals surface area contributed by atoms with Gasteiger partial charge in [-0.1, -0.05) is 18.2 Å². The van der Waals surface area contributed by atoms with E-state index in [2.05, 4.69) is 0 Å². The Bertz CT molecular complexity index is 477. The molecule has 0 saturated heterocycles. The highest BCUT2D eigenvalue weighted by atomic mass is 19.1. The van der Waals surface area contributed by atoms with Gasteiger partial charge in [0.1, 0.15) is 5.82 Å². The molecule has 0 saturated carbocycles. The first-order valence-corrected chi connectivity index (χ1v) is 5.59. The third-order valence-electron chi connectivity index (χ3n) is 2.60. The van der Waals surface area contributed by atoms with Gasteiger partial charge in [-0.2, -0.15) is 0 Å². The molecule has 0 radical (unpaired) electrons. The van der Waals surface area contributed by atoms with E-state index in [1.54, 1.807) is 6.07 Å². The summed E-state index contributed by atoms with van der Waals surface area (Å²) in [5.74, 6) is -0.311. The lowest BCUT2D eigenvalue weighted by atomic mass is 10.2. The predicted octanol–water partition coefficient (Wildman–Crippen LogP) is 3.57. The van der Waals surface area contributed by atoms with Crippen LogP contribution < -0.4 is 10.6 Å². The van der Waals surface area contributed by atoms with Gasteiger partial charge in [-0.25, -0.2) is 4.39 Å². The summed E-state index contributed by atoms with van der Waals surface area (Å²) in [5.41, 5.74) is 7.90. The Morgan fingerprint density at radius 1 is 1.06 bits per heavy atom. The van der Waals surface area contributed by atoms with Crippen molar-refractivity contribution in [2.24, 2.45) is 0 Å². The van der Waals surface area contributed by atoms with E-state index in [1.807, 2.05) is 42.2 Å². The Balaban J connectivity index is 2.42. The first-order chi connectivity index (χ1) is 8.20. The minimum Gasteiger partial charge on any atom is -0.399 e. The highest BCUT2D eigenvalue weighted by molar-refractivity contribution is 5.66. The van der Waals surface area contributed by atoms with Crippen LogP contribution in [0.25, 0.3) is 0 Å². The van der Waals surface area contributed by atoms with Gasteiger partial charge in [0.25, 0.3) is 0 Å². The molecule has 0 spiro atoms. The number of nitrogen functional groups attached to an aromatic ring is 1. The molecule has 0 amide bonds. The van der Waals surface area contributed by atoms with Gasteiger partial charge in [-0.3, -0.25) is 0 Å². The Morgan fingerprint density at radius 2 is 1.76 bits per heavy atom.